The first kappa shape index (κ1) is 14.9. The number of amides is 2. The van der Waals surface area contributed by atoms with Crippen LogP contribution in [0.2, 0.25) is 0 Å². The van der Waals surface area contributed by atoms with Crippen molar-refractivity contribution in [3.05, 3.63) is 23.8 Å². The lowest BCUT2D eigenvalue weighted by Gasteiger charge is -2.27. The fourth-order valence-corrected chi connectivity index (χ4v) is 4.25. The van der Waals surface area contributed by atoms with Crippen molar-refractivity contribution in [1.29, 1.82) is 0 Å². The zero-order valence-corrected chi connectivity index (χ0v) is 13.9. The molecule has 1 saturated heterocycles. The largest absolute Gasteiger partial charge is 0.371 e. The highest BCUT2D eigenvalue weighted by molar-refractivity contribution is 5.95. The Hall–Kier alpha value is -1.71. The van der Waals surface area contributed by atoms with Gasteiger partial charge in [-0.1, -0.05) is 25.3 Å². The van der Waals surface area contributed by atoms with Crippen LogP contribution in [0.15, 0.2) is 18.2 Å². The van der Waals surface area contributed by atoms with Gasteiger partial charge in [-0.25, -0.2) is 4.79 Å². The van der Waals surface area contributed by atoms with E-state index in [4.69, 9.17) is 0 Å². The second-order valence-corrected chi connectivity index (χ2v) is 7.19. The number of hydrogen-bond acceptors (Lipinski definition) is 2. The van der Waals surface area contributed by atoms with Crippen LogP contribution in [-0.4, -0.2) is 31.7 Å². The molecule has 1 aliphatic carbocycles. The van der Waals surface area contributed by atoms with Gasteiger partial charge in [0.05, 0.1) is 5.69 Å². The average Bonchev–Trinajstić information content (AvgIpc) is 3.25. The molecule has 23 heavy (non-hydrogen) atoms. The normalized spacial score (nSPS) is 21.6. The van der Waals surface area contributed by atoms with E-state index in [2.05, 4.69) is 28.4 Å². The second-order valence-electron chi connectivity index (χ2n) is 7.19. The number of nitrogens with zero attached hydrogens (tertiary/aromatic N) is 2. The molecule has 2 amide bonds. The van der Waals surface area contributed by atoms with Crippen LogP contribution >= 0.6 is 0 Å². The van der Waals surface area contributed by atoms with Gasteiger partial charge < -0.3 is 10.2 Å². The summed E-state index contributed by atoms with van der Waals surface area (Å²) in [6.07, 6.45) is 9.64. The standard InChI is InChI=1S/C19H27N3O/c23-19(20-16-6-2-1-3-7-16)22-13-10-15-8-9-17(14-18(15)22)21-11-4-5-12-21/h8-9,14,16H,1-7,10-13H2,(H,20,23). The number of rotatable bonds is 2. The summed E-state index contributed by atoms with van der Waals surface area (Å²) in [5, 5.41) is 3.26. The molecule has 4 nitrogen and oxygen atoms in total. The van der Waals surface area contributed by atoms with Crippen LogP contribution in [0.3, 0.4) is 0 Å². The van der Waals surface area contributed by atoms with E-state index in [-0.39, 0.29) is 6.03 Å². The van der Waals surface area contributed by atoms with Crippen molar-refractivity contribution in [2.45, 2.75) is 57.4 Å². The Bertz CT molecular complexity index is 574. The summed E-state index contributed by atoms with van der Waals surface area (Å²) in [5.74, 6) is 0. The molecule has 0 aromatic heterocycles. The van der Waals surface area contributed by atoms with Gasteiger partial charge in [0.25, 0.3) is 0 Å². The molecule has 0 spiro atoms. The average molecular weight is 313 g/mol. The van der Waals surface area contributed by atoms with Crippen molar-refractivity contribution in [2.75, 3.05) is 29.4 Å². The highest BCUT2D eigenvalue weighted by atomic mass is 16.2. The molecule has 0 unspecified atom stereocenters. The van der Waals surface area contributed by atoms with Gasteiger partial charge in [0, 0.05) is 31.4 Å². The van der Waals surface area contributed by atoms with E-state index in [0.717, 1.165) is 44.6 Å². The van der Waals surface area contributed by atoms with E-state index >= 15 is 0 Å². The fourth-order valence-electron chi connectivity index (χ4n) is 4.25. The van der Waals surface area contributed by atoms with Crippen molar-refractivity contribution < 1.29 is 4.79 Å². The topological polar surface area (TPSA) is 35.6 Å². The molecule has 1 aromatic carbocycles. The Balaban J connectivity index is 1.49. The molecule has 1 N–H and O–H groups in total. The molecule has 0 radical (unpaired) electrons. The van der Waals surface area contributed by atoms with Gasteiger partial charge >= 0.3 is 6.03 Å². The third kappa shape index (κ3) is 3.04. The molecule has 3 aliphatic rings. The zero-order valence-electron chi connectivity index (χ0n) is 13.9. The van der Waals surface area contributed by atoms with Crippen LogP contribution in [0.1, 0.15) is 50.5 Å². The van der Waals surface area contributed by atoms with Crippen molar-refractivity contribution in [1.82, 2.24) is 5.32 Å². The molecule has 1 aromatic rings. The molecule has 0 atom stereocenters. The third-order valence-corrected chi connectivity index (χ3v) is 5.61. The van der Waals surface area contributed by atoms with Gasteiger partial charge in [0.2, 0.25) is 0 Å². The smallest absolute Gasteiger partial charge is 0.322 e. The predicted octanol–water partition coefficient (Wildman–Crippen LogP) is 3.69. The molecule has 2 fully saturated rings. The van der Waals surface area contributed by atoms with E-state index in [9.17, 15) is 4.79 Å². The minimum absolute atomic E-state index is 0.106. The summed E-state index contributed by atoms with van der Waals surface area (Å²) in [6.45, 7) is 3.11. The third-order valence-electron chi connectivity index (χ3n) is 5.61. The van der Waals surface area contributed by atoms with Gasteiger partial charge in [-0.05, 0) is 49.8 Å². The highest BCUT2D eigenvalue weighted by Crippen LogP contribution is 2.33. The van der Waals surface area contributed by atoms with Crippen LogP contribution in [0.25, 0.3) is 0 Å². The first-order chi connectivity index (χ1) is 11.3. The number of fused-ring (bicyclic) bond motifs is 1. The minimum Gasteiger partial charge on any atom is -0.371 e. The molecular formula is C19H27N3O. The molecule has 0 bridgehead atoms. The molecule has 4 rings (SSSR count). The van der Waals surface area contributed by atoms with Crippen molar-refractivity contribution in [3.63, 3.8) is 0 Å². The fraction of sp³-hybridized carbons (Fsp3) is 0.632. The summed E-state index contributed by atoms with van der Waals surface area (Å²) in [4.78, 5) is 17.1. The van der Waals surface area contributed by atoms with Crippen LogP contribution in [0.4, 0.5) is 16.2 Å². The van der Waals surface area contributed by atoms with E-state index < -0.39 is 0 Å². The summed E-state index contributed by atoms with van der Waals surface area (Å²) in [6, 6.07) is 7.16. The monoisotopic (exact) mass is 313 g/mol. The van der Waals surface area contributed by atoms with Gasteiger partial charge in [-0.2, -0.15) is 0 Å². The summed E-state index contributed by atoms with van der Waals surface area (Å²) >= 11 is 0. The van der Waals surface area contributed by atoms with E-state index in [1.165, 1.54) is 43.4 Å². The van der Waals surface area contributed by atoms with E-state index in [1.807, 2.05) is 4.90 Å². The Morgan fingerprint density at radius 1 is 1.00 bits per heavy atom. The number of nitrogens with one attached hydrogen (secondary N) is 1. The Morgan fingerprint density at radius 3 is 2.57 bits per heavy atom. The van der Waals surface area contributed by atoms with Crippen LogP contribution < -0.4 is 15.1 Å². The van der Waals surface area contributed by atoms with Crippen LogP contribution in [-0.2, 0) is 6.42 Å². The van der Waals surface area contributed by atoms with Gasteiger partial charge in [-0.3, -0.25) is 4.90 Å². The lowest BCUT2D eigenvalue weighted by Crippen LogP contribution is -2.45. The minimum atomic E-state index is 0.106. The summed E-state index contributed by atoms with van der Waals surface area (Å²) < 4.78 is 0. The van der Waals surface area contributed by atoms with Gasteiger partial charge in [0.1, 0.15) is 0 Å². The first-order valence-corrected chi connectivity index (χ1v) is 9.27. The summed E-state index contributed by atoms with van der Waals surface area (Å²) in [5.41, 5.74) is 3.72. The maximum atomic E-state index is 12.7. The number of anilines is 2. The molecule has 2 aliphatic heterocycles. The quantitative estimate of drug-likeness (QED) is 0.904. The lowest BCUT2D eigenvalue weighted by atomic mass is 9.96. The molecule has 2 heterocycles. The van der Waals surface area contributed by atoms with Gasteiger partial charge in [-0.15, -0.1) is 0 Å². The molecule has 4 heteroatoms. The maximum absolute atomic E-state index is 12.7. The lowest BCUT2D eigenvalue weighted by molar-refractivity contribution is 0.238. The molecular weight excluding hydrogens is 286 g/mol. The number of benzene rings is 1. The number of hydrogen-bond donors (Lipinski definition) is 1. The van der Waals surface area contributed by atoms with Gasteiger partial charge in [0.15, 0.2) is 0 Å². The molecule has 1 saturated carbocycles. The van der Waals surface area contributed by atoms with Crippen LogP contribution in [0.5, 0.6) is 0 Å². The number of urea groups is 1. The van der Waals surface area contributed by atoms with E-state index in [0.29, 0.717) is 6.04 Å². The Kier molecular flexibility index (Phi) is 4.15. The van der Waals surface area contributed by atoms with Crippen molar-refractivity contribution >= 4 is 17.4 Å². The van der Waals surface area contributed by atoms with Crippen molar-refractivity contribution in [2.24, 2.45) is 0 Å². The highest BCUT2D eigenvalue weighted by Gasteiger charge is 2.27. The second kappa shape index (κ2) is 6.42. The maximum Gasteiger partial charge on any atom is 0.322 e. The predicted molar refractivity (Wildman–Crippen MR) is 94.3 cm³/mol. The van der Waals surface area contributed by atoms with Crippen LogP contribution in [0, 0.1) is 0 Å². The zero-order chi connectivity index (χ0) is 15.6. The first-order valence-electron chi connectivity index (χ1n) is 9.27. The number of carbonyl (C=O) groups excluding carboxylic acids is 1. The Morgan fingerprint density at radius 2 is 1.78 bits per heavy atom. The van der Waals surface area contributed by atoms with E-state index in [1.54, 1.807) is 0 Å². The SMILES string of the molecule is O=C(NC1CCCCC1)N1CCc2ccc(N3CCCC3)cc21. The summed E-state index contributed by atoms with van der Waals surface area (Å²) in [7, 11) is 0. The Labute approximate surface area is 138 Å². The molecule has 124 valence electrons. The number of carbonyl (C=O) groups is 1. The van der Waals surface area contributed by atoms with Crippen molar-refractivity contribution in [3.8, 4) is 0 Å².